The summed E-state index contributed by atoms with van der Waals surface area (Å²) < 4.78 is 39.9. The van der Waals surface area contributed by atoms with Gasteiger partial charge in [-0.3, -0.25) is 9.47 Å². The third-order valence-electron chi connectivity index (χ3n) is 6.64. The summed E-state index contributed by atoms with van der Waals surface area (Å²) in [6, 6.07) is 1.83. The maximum atomic E-state index is 13.9. The van der Waals surface area contributed by atoms with Crippen molar-refractivity contribution in [2.24, 2.45) is 0 Å². The molecular formula is C21H29ClF2N2O3. The van der Waals surface area contributed by atoms with Gasteiger partial charge in [0.25, 0.3) is 0 Å². The van der Waals surface area contributed by atoms with E-state index in [2.05, 4.69) is 11.8 Å². The van der Waals surface area contributed by atoms with E-state index in [1.54, 1.807) is 0 Å². The molecule has 2 aromatic rings. The highest BCUT2D eigenvalue weighted by Crippen LogP contribution is 2.38. The zero-order valence-corrected chi connectivity index (χ0v) is 17.8. The van der Waals surface area contributed by atoms with Crippen LogP contribution >= 0.6 is 12.4 Å². The molecule has 0 unspecified atom stereocenters. The molecule has 4 rings (SSSR count). The van der Waals surface area contributed by atoms with E-state index >= 15 is 0 Å². The van der Waals surface area contributed by atoms with Crippen molar-refractivity contribution < 1.29 is 17.9 Å². The van der Waals surface area contributed by atoms with E-state index in [-0.39, 0.29) is 35.1 Å². The van der Waals surface area contributed by atoms with Crippen LogP contribution in [0.4, 0.5) is 8.78 Å². The van der Waals surface area contributed by atoms with E-state index in [9.17, 15) is 13.6 Å². The highest BCUT2D eigenvalue weighted by molar-refractivity contribution is 5.85. The van der Waals surface area contributed by atoms with E-state index in [1.165, 1.54) is 10.6 Å². The number of halogens is 3. The molecule has 1 aliphatic carbocycles. The minimum absolute atomic E-state index is 0. The molecule has 0 N–H and O–H groups in total. The average molecular weight is 431 g/mol. The fraction of sp³-hybridized carbons (Fsp3) is 0.667. The van der Waals surface area contributed by atoms with Gasteiger partial charge in [-0.05, 0) is 52.4 Å². The predicted molar refractivity (Wildman–Crippen MR) is 110 cm³/mol. The maximum Gasteiger partial charge on any atom is 0.420 e. The van der Waals surface area contributed by atoms with Crippen molar-refractivity contribution in [1.82, 2.24) is 9.47 Å². The van der Waals surface area contributed by atoms with Crippen molar-refractivity contribution in [3.8, 4) is 0 Å². The van der Waals surface area contributed by atoms with E-state index in [0.29, 0.717) is 6.10 Å². The second kappa shape index (κ2) is 8.74. The highest BCUT2D eigenvalue weighted by atomic mass is 35.5. The van der Waals surface area contributed by atoms with Crippen LogP contribution in [0.1, 0.15) is 58.4 Å². The largest absolute Gasteiger partial charge is 0.420 e. The summed E-state index contributed by atoms with van der Waals surface area (Å²) >= 11 is 0. The zero-order valence-electron chi connectivity index (χ0n) is 17.0. The molecule has 1 saturated carbocycles. The van der Waals surface area contributed by atoms with Crippen molar-refractivity contribution in [2.75, 3.05) is 19.7 Å². The van der Waals surface area contributed by atoms with Gasteiger partial charge < -0.3 is 9.15 Å². The van der Waals surface area contributed by atoms with Gasteiger partial charge in [-0.25, -0.2) is 13.6 Å². The Bertz CT molecular complexity index is 897. The van der Waals surface area contributed by atoms with Crippen LogP contribution in [0.3, 0.4) is 0 Å². The van der Waals surface area contributed by atoms with E-state index in [4.69, 9.17) is 9.15 Å². The number of oxazole rings is 1. The Morgan fingerprint density at radius 3 is 2.45 bits per heavy atom. The first-order chi connectivity index (χ1) is 13.4. The molecule has 2 heterocycles. The lowest BCUT2D eigenvalue weighted by atomic mass is 9.79. The molecule has 1 aliphatic heterocycles. The van der Waals surface area contributed by atoms with Gasteiger partial charge in [-0.2, -0.15) is 0 Å². The molecule has 1 saturated heterocycles. The molecule has 5 nitrogen and oxygen atoms in total. The molecule has 0 atom stereocenters. The van der Waals surface area contributed by atoms with Gasteiger partial charge in [-0.15, -0.1) is 12.4 Å². The first kappa shape index (κ1) is 22.2. The van der Waals surface area contributed by atoms with Crippen LogP contribution in [-0.4, -0.2) is 40.8 Å². The van der Waals surface area contributed by atoms with Crippen LogP contribution in [0.5, 0.6) is 0 Å². The fourth-order valence-electron chi connectivity index (χ4n) is 5.00. The van der Waals surface area contributed by atoms with Crippen LogP contribution in [0.25, 0.3) is 11.1 Å². The molecule has 8 heteroatoms. The molecule has 2 aliphatic rings. The summed E-state index contributed by atoms with van der Waals surface area (Å²) in [5, 5.41) is 0. The summed E-state index contributed by atoms with van der Waals surface area (Å²) in [6.07, 6.45) is 6.26. The van der Waals surface area contributed by atoms with Crippen molar-refractivity contribution in [1.29, 1.82) is 0 Å². The number of hydrogen-bond acceptors (Lipinski definition) is 4. The van der Waals surface area contributed by atoms with Gasteiger partial charge in [0.15, 0.2) is 11.4 Å². The molecule has 2 fully saturated rings. The third kappa shape index (κ3) is 4.23. The molecule has 1 aromatic heterocycles. The lowest BCUT2D eigenvalue weighted by molar-refractivity contribution is -0.0274. The van der Waals surface area contributed by atoms with Gasteiger partial charge in [-0.1, -0.05) is 0 Å². The minimum atomic E-state index is -0.832. The molecule has 1 aromatic carbocycles. The normalized spacial score (nSPS) is 26.6. The SMILES string of the molecule is CCOC1CCC(C)(N2CCC(n3c(=O)oc4c(F)cc(F)cc43)CC2)CC1.Cl. The molecule has 0 radical (unpaired) electrons. The number of rotatable bonds is 4. The summed E-state index contributed by atoms with van der Waals surface area (Å²) in [5.41, 5.74) is 0.208. The average Bonchev–Trinajstić information content (AvgIpc) is 3.00. The van der Waals surface area contributed by atoms with E-state index in [0.717, 1.165) is 64.3 Å². The Kier molecular flexibility index (Phi) is 6.70. The van der Waals surface area contributed by atoms with Gasteiger partial charge in [0.05, 0.1) is 11.6 Å². The topological polar surface area (TPSA) is 47.6 Å². The van der Waals surface area contributed by atoms with Crippen LogP contribution in [0.2, 0.25) is 0 Å². The molecule has 0 amide bonds. The second-order valence-corrected chi connectivity index (χ2v) is 8.34. The van der Waals surface area contributed by atoms with Gasteiger partial charge >= 0.3 is 5.76 Å². The zero-order chi connectivity index (χ0) is 19.9. The standard InChI is InChI=1S/C21H28F2N2O3.ClH/c1-3-27-16-4-8-21(2,9-5-16)24-10-6-15(7-11-24)25-18-13-14(22)12-17(23)19(18)28-20(25)26;/h12-13,15-16H,3-11H2,1-2H3;1H. The number of ether oxygens (including phenoxy) is 1. The fourth-order valence-corrected chi connectivity index (χ4v) is 5.00. The quantitative estimate of drug-likeness (QED) is 0.707. The Hall–Kier alpha value is -1.44. The Morgan fingerprint density at radius 1 is 1.17 bits per heavy atom. The number of hydrogen-bond donors (Lipinski definition) is 0. The summed E-state index contributed by atoms with van der Waals surface area (Å²) in [7, 11) is 0. The van der Waals surface area contributed by atoms with Crippen molar-refractivity contribution in [3.05, 3.63) is 34.3 Å². The van der Waals surface area contributed by atoms with Crippen molar-refractivity contribution in [3.63, 3.8) is 0 Å². The maximum absolute atomic E-state index is 13.9. The Labute approximate surface area is 175 Å². The Morgan fingerprint density at radius 2 is 1.83 bits per heavy atom. The van der Waals surface area contributed by atoms with Crippen LogP contribution < -0.4 is 5.76 Å². The second-order valence-electron chi connectivity index (χ2n) is 8.34. The van der Waals surface area contributed by atoms with Gasteiger partial charge in [0, 0.05) is 43.4 Å². The number of fused-ring (bicyclic) bond motifs is 1. The Balaban J connectivity index is 0.00000240. The first-order valence-corrected chi connectivity index (χ1v) is 10.3. The molecular weight excluding hydrogens is 402 g/mol. The molecule has 162 valence electrons. The number of likely N-dealkylation sites (tertiary alicyclic amines) is 1. The summed E-state index contributed by atoms with van der Waals surface area (Å²) in [4.78, 5) is 14.8. The molecule has 0 spiro atoms. The number of nitrogens with zero attached hydrogens (tertiary/aromatic N) is 2. The highest BCUT2D eigenvalue weighted by Gasteiger charge is 2.38. The molecule has 0 bridgehead atoms. The smallest absolute Gasteiger partial charge is 0.405 e. The van der Waals surface area contributed by atoms with E-state index < -0.39 is 17.4 Å². The van der Waals surface area contributed by atoms with Crippen molar-refractivity contribution >= 4 is 23.5 Å². The number of aromatic nitrogens is 1. The summed E-state index contributed by atoms with van der Waals surface area (Å²) in [6.45, 7) is 6.84. The predicted octanol–water partition coefficient (Wildman–Crippen LogP) is 4.67. The van der Waals surface area contributed by atoms with Crippen LogP contribution in [0.15, 0.2) is 21.3 Å². The lowest BCUT2D eigenvalue weighted by Crippen LogP contribution is -2.52. The number of benzene rings is 1. The first-order valence-electron chi connectivity index (χ1n) is 10.3. The van der Waals surface area contributed by atoms with Gasteiger partial charge in [0.2, 0.25) is 0 Å². The van der Waals surface area contributed by atoms with Crippen LogP contribution in [0, 0.1) is 11.6 Å². The summed E-state index contributed by atoms with van der Waals surface area (Å²) in [5.74, 6) is -2.14. The van der Waals surface area contributed by atoms with Crippen molar-refractivity contribution in [2.45, 2.75) is 70.1 Å². The van der Waals surface area contributed by atoms with Gasteiger partial charge in [0.1, 0.15) is 5.82 Å². The van der Waals surface area contributed by atoms with E-state index in [1.807, 2.05) is 6.92 Å². The monoisotopic (exact) mass is 430 g/mol. The minimum Gasteiger partial charge on any atom is -0.405 e. The third-order valence-corrected chi connectivity index (χ3v) is 6.64. The molecule has 29 heavy (non-hydrogen) atoms. The van der Waals surface area contributed by atoms with Crippen LogP contribution in [-0.2, 0) is 4.74 Å². The lowest BCUT2D eigenvalue weighted by Gasteiger charge is -2.48. The number of piperidine rings is 1.